The summed E-state index contributed by atoms with van der Waals surface area (Å²) in [7, 11) is 0. The second-order valence-electron chi connectivity index (χ2n) is 6.04. The van der Waals surface area contributed by atoms with Crippen LogP contribution in [0.4, 0.5) is 16.2 Å². The standard InChI is InChI=1S/C20H12N2O6S/c23-15-3-1-2-14(10-15)21-19(24)18(29-20(21)25)11-16-8-9-17(28-16)12-4-6-13(7-5-12)22(26)27/h1-11,23H. The third-order valence-electron chi connectivity index (χ3n) is 4.14. The molecule has 0 radical (unpaired) electrons. The molecule has 4 rings (SSSR count). The summed E-state index contributed by atoms with van der Waals surface area (Å²) >= 11 is 0.769. The van der Waals surface area contributed by atoms with Crippen LogP contribution in [0.25, 0.3) is 17.4 Å². The maximum atomic E-state index is 12.6. The highest BCUT2D eigenvalue weighted by atomic mass is 32.2. The minimum atomic E-state index is -0.515. The molecule has 0 bridgehead atoms. The molecule has 0 unspecified atom stereocenters. The van der Waals surface area contributed by atoms with Gasteiger partial charge in [0, 0.05) is 29.8 Å². The Morgan fingerprint density at radius 3 is 2.52 bits per heavy atom. The number of aromatic hydroxyl groups is 1. The van der Waals surface area contributed by atoms with E-state index in [4.69, 9.17) is 4.42 Å². The van der Waals surface area contributed by atoms with Gasteiger partial charge in [-0.05, 0) is 48.2 Å². The second kappa shape index (κ2) is 7.28. The van der Waals surface area contributed by atoms with Gasteiger partial charge in [0.1, 0.15) is 17.3 Å². The SMILES string of the molecule is O=C1SC(=Cc2ccc(-c3ccc([N+](=O)[O-])cc3)o2)C(=O)N1c1cccc(O)c1. The van der Waals surface area contributed by atoms with E-state index in [0.717, 1.165) is 16.7 Å². The molecule has 8 nitrogen and oxygen atoms in total. The zero-order valence-corrected chi connectivity index (χ0v) is 15.5. The highest BCUT2D eigenvalue weighted by molar-refractivity contribution is 8.19. The predicted octanol–water partition coefficient (Wildman–Crippen LogP) is 4.80. The molecule has 1 aliphatic heterocycles. The summed E-state index contributed by atoms with van der Waals surface area (Å²) in [5, 5.41) is 19.9. The summed E-state index contributed by atoms with van der Waals surface area (Å²) in [6.07, 6.45) is 1.46. The summed E-state index contributed by atoms with van der Waals surface area (Å²) in [5.74, 6) is 0.265. The molecule has 1 fully saturated rings. The highest BCUT2D eigenvalue weighted by Crippen LogP contribution is 2.37. The van der Waals surface area contributed by atoms with Crippen LogP contribution in [0.3, 0.4) is 0 Å². The van der Waals surface area contributed by atoms with Crippen LogP contribution in [0.2, 0.25) is 0 Å². The van der Waals surface area contributed by atoms with Crippen molar-refractivity contribution >= 4 is 40.4 Å². The Balaban J connectivity index is 1.58. The minimum absolute atomic E-state index is 0.0267. The molecule has 2 amide bonds. The molecule has 3 aromatic rings. The lowest BCUT2D eigenvalue weighted by molar-refractivity contribution is -0.384. The quantitative estimate of drug-likeness (QED) is 0.375. The molecule has 2 heterocycles. The first kappa shape index (κ1) is 18.5. The second-order valence-corrected chi connectivity index (χ2v) is 7.04. The van der Waals surface area contributed by atoms with E-state index in [1.165, 1.54) is 30.3 Å². The average molecular weight is 408 g/mol. The fourth-order valence-electron chi connectivity index (χ4n) is 2.78. The number of amides is 2. The number of imide groups is 1. The van der Waals surface area contributed by atoms with Gasteiger partial charge in [-0.1, -0.05) is 6.07 Å². The van der Waals surface area contributed by atoms with Crippen molar-refractivity contribution < 1.29 is 24.0 Å². The van der Waals surface area contributed by atoms with Crippen LogP contribution in [-0.2, 0) is 4.79 Å². The van der Waals surface area contributed by atoms with E-state index in [0.29, 0.717) is 17.1 Å². The summed E-state index contributed by atoms with van der Waals surface area (Å²) < 4.78 is 5.69. The van der Waals surface area contributed by atoms with Gasteiger partial charge in [-0.15, -0.1) is 0 Å². The Hall–Kier alpha value is -3.85. The zero-order chi connectivity index (χ0) is 20.5. The molecule has 1 saturated heterocycles. The molecule has 2 aromatic carbocycles. The van der Waals surface area contributed by atoms with Crippen LogP contribution in [0, 0.1) is 10.1 Å². The number of carbonyl (C=O) groups excluding carboxylic acids is 2. The molecular formula is C20H12N2O6S. The van der Waals surface area contributed by atoms with E-state index >= 15 is 0 Å². The van der Waals surface area contributed by atoms with Gasteiger partial charge in [-0.25, -0.2) is 4.90 Å². The Morgan fingerprint density at radius 1 is 1.07 bits per heavy atom. The number of anilines is 1. The molecule has 144 valence electrons. The van der Waals surface area contributed by atoms with Crippen LogP contribution in [0.5, 0.6) is 5.75 Å². The monoisotopic (exact) mass is 408 g/mol. The van der Waals surface area contributed by atoms with Crippen molar-refractivity contribution in [3.8, 4) is 17.1 Å². The van der Waals surface area contributed by atoms with Crippen LogP contribution in [0.15, 0.2) is 70.0 Å². The fraction of sp³-hybridized carbons (Fsp3) is 0. The highest BCUT2D eigenvalue weighted by Gasteiger charge is 2.36. The summed E-state index contributed by atoms with van der Waals surface area (Å²) in [4.78, 5) is 36.3. The normalized spacial score (nSPS) is 15.3. The molecule has 0 spiro atoms. The van der Waals surface area contributed by atoms with Crippen LogP contribution in [-0.4, -0.2) is 21.2 Å². The van der Waals surface area contributed by atoms with E-state index in [9.17, 15) is 24.8 Å². The van der Waals surface area contributed by atoms with E-state index < -0.39 is 16.1 Å². The van der Waals surface area contributed by atoms with Gasteiger partial charge in [-0.2, -0.15) is 0 Å². The number of furan rings is 1. The molecule has 1 N–H and O–H groups in total. The van der Waals surface area contributed by atoms with Crippen LogP contribution >= 0.6 is 11.8 Å². The number of hydrogen-bond donors (Lipinski definition) is 1. The van der Waals surface area contributed by atoms with Gasteiger partial charge in [0.2, 0.25) is 0 Å². The number of rotatable bonds is 4. The van der Waals surface area contributed by atoms with Crippen molar-refractivity contribution in [3.05, 3.63) is 81.4 Å². The van der Waals surface area contributed by atoms with Crippen LogP contribution < -0.4 is 4.90 Å². The maximum absolute atomic E-state index is 12.6. The number of carbonyl (C=O) groups is 2. The Bertz CT molecular complexity index is 1170. The van der Waals surface area contributed by atoms with Gasteiger partial charge in [0.15, 0.2) is 0 Å². The van der Waals surface area contributed by atoms with E-state index in [1.807, 2.05) is 0 Å². The topological polar surface area (TPSA) is 114 Å². The molecule has 1 aliphatic rings. The van der Waals surface area contributed by atoms with Crippen molar-refractivity contribution in [1.82, 2.24) is 0 Å². The maximum Gasteiger partial charge on any atom is 0.298 e. The third-order valence-corrected chi connectivity index (χ3v) is 5.01. The van der Waals surface area contributed by atoms with Crippen molar-refractivity contribution in [1.29, 1.82) is 0 Å². The minimum Gasteiger partial charge on any atom is -0.508 e. The van der Waals surface area contributed by atoms with E-state index in [-0.39, 0.29) is 22.0 Å². The smallest absolute Gasteiger partial charge is 0.298 e. The zero-order valence-electron chi connectivity index (χ0n) is 14.6. The lowest BCUT2D eigenvalue weighted by Gasteiger charge is -2.12. The first-order valence-electron chi connectivity index (χ1n) is 8.34. The van der Waals surface area contributed by atoms with E-state index in [1.54, 1.807) is 36.4 Å². The van der Waals surface area contributed by atoms with Crippen molar-refractivity contribution in [3.63, 3.8) is 0 Å². The number of phenolic OH excluding ortho intramolecular Hbond substituents is 1. The van der Waals surface area contributed by atoms with Gasteiger partial charge in [0.05, 0.1) is 15.5 Å². The number of hydrogen-bond acceptors (Lipinski definition) is 7. The fourth-order valence-corrected chi connectivity index (χ4v) is 3.61. The van der Waals surface area contributed by atoms with Crippen molar-refractivity contribution in [2.45, 2.75) is 0 Å². The Kier molecular flexibility index (Phi) is 4.65. The van der Waals surface area contributed by atoms with E-state index in [2.05, 4.69) is 0 Å². The average Bonchev–Trinajstić information content (AvgIpc) is 3.26. The molecule has 0 atom stereocenters. The molecule has 29 heavy (non-hydrogen) atoms. The Labute approximate surface area is 168 Å². The van der Waals surface area contributed by atoms with Gasteiger partial charge >= 0.3 is 0 Å². The number of nitro benzene ring substituents is 1. The lowest BCUT2D eigenvalue weighted by atomic mass is 10.1. The molecule has 0 saturated carbocycles. The number of nitrogens with zero attached hydrogens (tertiary/aromatic N) is 2. The molecule has 1 aromatic heterocycles. The van der Waals surface area contributed by atoms with Gasteiger partial charge in [0.25, 0.3) is 16.8 Å². The molecule has 0 aliphatic carbocycles. The van der Waals surface area contributed by atoms with Crippen LogP contribution in [0.1, 0.15) is 5.76 Å². The summed E-state index contributed by atoms with van der Waals surface area (Å²) in [5.41, 5.74) is 0.895. The molecular weight excluding hydrogens is 396 g/mol. The van der Waals surface area contributed by atoms with Gasteiger partial charge in [-0.3, -0.25) is 19.7 Å². The predicted molar refractivity (Wildman–Crippen MR) is 107 cm³/mol. The summed E-state index contributed by atoms with van der Waals surface area (Å²) in [6, 6.07) is 15.1. The van der Waals surface area contributed by atoms with Crippen molar-refractivity contribution in [2.75, 3.05) is 4.90 Å². The molecule has 9 heteroatoms. The lowest BCUT2D eigenvalue weighted by Crippen LogP contribution is -2.27. The third kappa shape index (κ3) is 3.63. The number of thioether (sulfide) groups is 1. The summed E-state index contributed by atoms with van der Waals surface area (Å²) in [6.45, 7) is 0. The largest absolute Gasteiger partial charge is 0.508 e. The number of nitro groups is 1. The van der Waals surface area contributed by atoms with Gasteiger partial charge < -0.3 is 9.52 Å². The van der Waals surface area contributed by atoms with Crippen molar-refractivity contribution in [2.24, 2.45) is 0 Å². The number of non-ortho nitro benzene ring substituents is 1. The number of benzene rings is 2. The first-order chi connectivity index (χ1) is 13.9. The Morgan fingerprint density at radius 2 is 1.83 bits per heavy atom. The number of phenols is 1. The first-order valence-corrected chi connectivity index (χ1v) is 9.16.